The number of pyridine rings is 1. The summed E-state index contributed by atoms with van der Waals surface area (Å²) in [6.45, 7) is 9.65. The Morgan fingerprint density at radius 1 is 1.12 bits per heavy atom. The maximum atomic E-state index is 12.7. The van der Waals surface area contributed by atoms with Crippen LogP contribution in [0.5, 0.6) is 0 Å². The highest BCUT2D eigenvalue weighted by molar-refractivity contribution is 5.81. The van der Waals surface area contributed by atoms with E-state index in [0.717, 1.165) is 75.2 Å². The van der Waals surface area contributed by atoms with E-state index in [1.165, 1.54) is 25.7 Å². The predicted molar refractivity (Wildman–Crippen MR) is 130 cm³/mol. The number of likely N-dealkylation sites (tertiary alicyclic amines) is 1. The lowest BCUT2D eigenvalue weighted by Gasteiger charge is -2.31. The van der Waals surface area contributed by atoms with Crippen LogP contribution in [0.25, 0.3) is 0 Å². The summed E-state index contributed by atoms with van der Waals surface area (Å²) in [5.74, 6) is 3.35. The summed E-state index contributed by atoms with van der Waals surface area (Å²) < 4.78 is 0. The molecule has 3 aliphatic rings. The number of guanidine groups is 1. The fraction of sp³-hybridized carbons (Fsp3) is 0.720. The van der Waals surface area contributed by atoms with Crippen LogP contribution in [0.3, 0.4) is 0 Å². The molecule has 1 aliphatic carbocycles. The third-order valence-corrected chi connectivity index (χ3v) is 7.23. The molecule has 3 heterocycles. The van der Waals surface area contributed by atoms with Crippen molar-refractivity contribution < 1.29 is 4.79 Å². The summed E-state index contributed by atoms with van der Waals surface area (Å²) >= 11 is 0. The van der Waals surface area contributed by atoms with Gasteiger partial charge in [-0.25, -0.2) is 9.98 Å². The zero-order valence-electron chi connectivity index (χ0n) is 19.9. The Balaban J connectivity index is 1.29. The summed E-state index contributed by atoms with van der Waals surface area (Å²) in [5.41, 5.74) is 1.11. The van der Waals surface area contributed by atoms with E-state index < -0.39 is 0 Å². The lowest BCUT2D eigenvalue weighted by Crippen LogP contribution is -2.45. The molecule has 0 bridgehead atoms. The number of amides is 1. The number of rotatable bonds is 6. The monoisotopic (exact) mass is 440 g/mol. The number of piperidine rings is 1. The first-order chi connectivity index (χ1) is 15.6. The van der Waals surface area contributed by atoms with Gasteiger partial charge >= 0.3 is 0 Å². The van der Waals surface area contributed by atoms with Crippen molar-refractivity contribution in [2.45, 2.75) is 71.4 Å². The molecule has 1 unspecified atom stereocenters. The smallest absolute Gasteiger partial charge is 0.225 e. The van der Waals surface area contributed by atoms with E-state index in [1.807, 2.05) is 6.20 Å². The Kier molecular flexibility index (Phi) is 7.87. The molecule has 1 aromatic heterocycles. The highest BCUT2D eigenvalue weighted by Crippen LogP contribution is 2.28. The minimum Gasteiger partial charge on any atom is -0.357 e. The number of nitrogens with one attached hydrogen (secondary N) is 2. The number of aliphatic imine (C=N–C) groups is 1. The molecule has 7 nitrogen and oxygen atoms in total. The molecule has 1 atom stereocenters. The van der Waals surface area contributed by atoms with Crippen molar-refractivity contribution in [3.63, 3.8) is 0 Å². The Morgan fingerprint density at radius 3 is 2.59 bits per heavy atom. The second kappa shape index (κ2) is 11.0. The Hall–Kier alpha value is -2.31. The lowest BCUT2D eigenvalue weighted by molar-refractivity contribution is -0.134. The molecular formula is C25H40N6O. The maximum absolute atomic E-state index is 12.7. The average molecular weight is 441 g/mol. The summed E-state index contributed by atoms with van der Waals surface area (Å²) in [6, 6.07) is 4.54. The zero-order chi connectivity index (χ0) is 22.3. The third-order valence-electron chi connectivity index (χ3n) is 7.23. The van der Waals surface area contributed by atoms with E-state index in [2.05, 4.69) is 46.4 Å². The van der Waals surface area contributed by atoms with Crippen LogP contribution in [0, 0.1) is 11.8 Å². The SMILES string of the molecule is CCNC(=NCc1ccc(N2CCC(C)CC2)nc1)NC1CCN(C(=O)C2CCCC2)C1. The van der Waals surface area contributed by atoms with Crippen LogP contribution in [0.15, 0.2) is 23.3 Å². The molecule has 176 valence electrons. The summed E-state index contributed by atoms with van der Waals surface area (Å²) in [6.07, 6.45) is 9.98. The standard InChI is InChI=1S/C25H40N6O/c1-3-26-25(29-22-12-15-31(18-22)24(32)21-6-4-5-7-21)28-17-20-8-9-23(27-16-20)30-13-10-19(2)11-14-30/h8-9,16,19,21-22H,3-7,10-15,17-18H2,1-2H3,(H2,26,28,29). The third kappa shape index (κ3) is 5.93. The van der Waals surface area contributed by atoms with Gasteiger partial charge in [-0.2, -0.15) is 0 Å². The molecule has 32 heavy (non-hydrogen) atoms. The van der Waals surface area contributed by atoms with Crippen molar-refractivity contribution in [2.24, 2.45) is 16.8 Å². The van der Waals surface area contributed by atoms with Gasteiger partial charge in [0.25, 0.3) is 0 Å². The van der Waals surface area contributed by atoms with Crippen LogP contribution in [0.4, 0.5) is 5.82 Å². The van der Waals surface area contributed by atoms with Crippen LogP contribution >= 0.6 is 0 Å². The van der Waals surface area contributed by atoms with E-state index in [9.17, 15) is 4.79 Å². The first-order valence-electron chi connectivity index (χ1n) is 12.7. The molecule has 4 rings (SSSR count). The normalized spacial score (nSPS) is 23.1. The number of carbonyl (C=O) groups excluding carboxylic acids is 1. The molecule has 0 spiro atoms. The van der Waals surface area contributed by atoms with E-state index in [0.29, 0.717) is 12.5 Å². The van der Waals surface area contributed by atoms with Crippen LogP contribution in [0.1, 0.15) is 64.4 Å². The van der Waals surface area contributed by atoms with Gasteiger partial charge in [0, 0.05) is 50.9 Å². The Bertz CT molecular complexity index is 765. The first-order valence-corrected chi connectivity index (χ1v) is 12.7. The molecule has 2 saturated heterocycles. The average Bonchev–Trinajstić information content (AvgIpc) is 3.51. The maximum Gasteiger partial charge on any atom is 0.225 e. The topological polar surface area (TPSA) is 72.9 Å². The number of aromatic nitrogens is 1. The molecular weight excluding hydrogens is 400 g/mol. The molecule has 1 saturated carbocycles. The van der Waals surface area contributed by atoms with Gasteiger partial charge in [0.05, 0.1) is 6.54 Å². The highest BCUT2D eigenvalue weighted by Gasteiger charge is 2.32. The van der Waals surface area contributed by atoms with Crippen LogP contribution in [-0.4, -0.2) is 60.5 Å². The number of carbonyl (C=O) groups is 1. The van der Waals surface area contributed by atoms with E-state index in [-0.39, 0.29) is 12.0 Å². The van der Waals surface area contributed by atoms with Gasteiger partial charge in [-0.15, -0.1) is 0 Å². The van der Waals surface area contributed by atoms with Crippen LogP contribution < -0.4 is 15.5 Å². The molecule has 0 radical (unpaired) electrons. The van der Waals surface area contributed by atoms with Crippen LogP contribution in [0.2, 0.25) is 0 Å². The van der Waals surface area contributed by atoms with Gasteiger partial charge in [-0.3, -0.25) is 4.79 Å². The molecule has 1 aromatic rings. The van der Waals surface area contributed by atoms with Crippen molar-refractivity contribution >= 4 is 17.7 Å². The van der Waals surface area contributed by atoms with Gasteiger partial charge in [-0.1, -0.05) is 25.8 Å². The number of anilines is 1. The molecule has 7 heteroatoms. The second-order valence-electron chi connectivity index (χ2n) is 9.78. The fourth-order valence-corrected chi connectivity index (χ4v) is 5.13. The Morgan fingerprint density at radius 2 is 1.91 bits per heavy atom. The van der Waals surface area contributed by atoms with Crippen molar-refractivity contribution in [3.8, 4) is 0 Å². The van der Waals surface area contributed by atoms with E-state index in [4.69, 9.17) is 9.98 Å². The molecule has 2 N–H and O–H groups in total. The van der Waals surface area contributed by atoms with Crippen molar-refractivity contribution in [3.05, 3.63) is 23.9 Å². The number of hydrogen-bond acceptors (Lipinski definition) is 4. The zero-order valence-corrected chi connectivity index (χ0v) is 19.9. The molecule has 2 aliphatic heterocycles. The summed E-state index contributed by atoms with van der Waals surface area (Å²) in [4.78, 5) is 26.6. The second-order valence-corrected chi connectivity index (χ2v) is 9.78. The minimum atomic E-state index is 0.263. The van der Waals surface area contributed by atoms with Crippen molar-refractivity contribution in [1.29, 1.82) is 0 Å². The van der Waals surface area contributed by atoms with E-state index in [1.54, 1.807) is 0 Å². The number of nitrogens with zero attached hydrogens (tertiary/aromatic N) is 4. The summed E-state index contributed by atoms with van der Waals surface area (Å²) in [7, 11) is 0. The van der Waals surface area contributed by atoms with Gasteiger partial charge in [0.1, 0.15) is 5.82 Å². The quantitative estimate of drug-likeness (QED) is 0.525. The lowest BCUT2D eigenvalue weighted by atomic mass is 9.99. The van der Waals surface area contributed by atoms with Crippen molar-refractivity contribution in [2.75, 3.05) is 37.6 Å². The highest BCUT2D eigenvalue weighted by atomic mass is 16.2. The molecule has 1 amide bonds. The van der Waals surface area contributed by atoms with E-state index >= 15 is 0 Å². The fourth-order valence-electron chi connectivity index (χ4n) is 5.13. The van der Waals surface area contributed by atoms with Crippen LogP contribution in [-0.2, 0) is 11.3 Å². The number of hydrogen-bond donors (Lipinski definition) is 2. The summed E-state index contributed by atoms with van der Waals surface area (Å²) in [5, 5.41) is 6.90. The Labute approximate surface area is 193 Å². The van der Waals surface area contributed by atoms with Gasteiger partial charge < -0.3 is 20.4 Å². The van der Waals surface area contributed by atoms with Gasteiger partial charge in [-0.05, 0) is 56.6 Å². The van der Waals surface area contributed by atoms with Gasteiger partial charge in [0.2, 0.25) is 5.91 Å². The first kappa shape index (κ1) is 22.9. The largest absolute Gasteiger partial charge is 0.357 e. The van der Waals surface area contributed by atoms with Gasteiger partial charge in [0.15, 0.2) is 5.96 Å². The molecule has 0 aromatic carbocycles. The predicted octanol–water partition coefficient (Wildman–Crippen LogP) is 3.16. The molecule has 3 fully saturated rings. The minimum absolute atomic E-state index is 0.263. The van der Waals surface area contributed by atoms with Crippen molar-refractivity contribution in [1.82, 2.24) is 20.5 Å².